The van der Waals surface area contributed by atoms with Crippen molar-refractivity contribution in [2.75, 3.05) is 13.7 Å². The van der Waals surface area contributed by atoms with E-state index in [1.807, 2.05) is 59.2 Å². The van der Waals surface area contributed by atoms with E-state index in [1.54, 1.807) is 7.11 Å². The number of ether oxygens (including phenoxy) is 1. The van der Waals surface area contributed by atoms with Crippen LogP contribution in [0.4, 0.5) is 0 Å². The average molecular weight is 458 g/mol. The largest absolute Gasteiger partial charge is 0.497 e. The lowest BCUT2D eigenvalue weighted by molar-refractivity contribution is 0.0687. The molecule has 0 bridgehead atoms. The predicted octanol–water partition coefficient (Wildman–Crippen LogP) is 5.90. The predicted molar refractivity (Wildman–Crippen MR) is 136 cm³/mol. The van der Waals surface area contributed by atoms with Crippen molar-refractivity contribution >= 4 is 16.9 Å². The summed E-state index contributed by atoms with van der Waals surface area (Å²) in [6.07, 6.45) is 0.516. The van der Waals surface area contributed by atoms with Crippen molar-refractivity contribution in [3.63, 3.8) is 0 Å². The number of rotatable bonds is 7. The molecule has 0 saturated carbocycles. The van der Waals surface area contributed by atoms with Crippen LogP contribution in [0.15, 0.2) is 66.7 Å². The van der Waals surface area contributed by atoms with Gasteiger partial charge in [0.1, 0.15) is 11.4 Å². The molecule has 0 aliphatic heterocycles. The van der Waals surface area contributed by atoms with Gasteiger partial charge in [0.05, 0.1) is 7.11 Å². The zero-order valence-electron chi connectivity index (χ0n) is 20.1. The molecule has 1 heterocycles. The lowest BCUT2D eigenvalue weighted by Gasteiger charge is -2.19. The van der Waals surface area contributed by atoms with Crippen LogP contribution in [0.25, 0.3) is 22.0 Å². The van der Waals surface area contributed by atoms with Crippen molar-refractivity contribution in [2.45, 2.75) is 39.2 Å². The molecule has 176 valence electrons. The first kappa shape index (κ1) is 23.6. The highest BCUT2D eigenvalue weighted by atomic mass is 16.5. The van der Waals surface area contributed by atoms with E-state index >= 15 is 0 Å². The number of hydrogen-bond donors (Lipinski definition) is 2. The fourth-order valence-electron chi connectivity index (χ4n) is 4.46. The van der Waals surface area contributed by atoms with Crippen LogP contribution >= 0.6 is 0 Å². The Morgan fingerprint density at radius 1 is 0.971 bits per heavy atom. The highest BCUT2D eigenvalue weighted by molar-refractivity contribution is 6.08. The molecule has 4 rings (SSSR count). The molecule has 2 N–H and O–H groups in total. The summed E-state index contributed by atoms with van der Waals surface area (Å²) >= 11 is 0. The van der Waals surface area contributed by atoms with Crippen LogP contribution in [0.5, 0.6) is 5.75 Å². The van der Waals surface area contributed by atoms with Gasteiger partial charge in [0, 0.05) is 29.6 Å². The Hall–Kier alpha value is -3.57. The Labute approximate surface area is 200 Å². The summed E-state index contributed by atoms with van der Waals surface area (Å²) < 4.78 is 7.23. The summed E-state index contributed by atoms with van der Waals surface area (Å²) in [6, 6.07) is 21.8. The number of hydrogen-bond acceptors (Lipinski definition) is 3. The molecule has 0 atom stereocenters. The Kier molecular flexibility index (Phi) is 6.49. The van der Waals surface area contributed by atoms with Crippen molar-refractivity contribution < 1.29 is 19.7 Å². The van der Waals surface area contributed by atoms with Gasteiger partial charge in [-0.3, -0.25) is 0 Å². The number of methoxy groups -OCH3 is 1. The third kappa shape index (κ3) is 4.57. The average Bonchev–Trinajstić information content (AvgIpc) is 3.12. The summed E-state index contributed by atoms with van der Waals surface area (Å²) in [4.78, 5) is 12.7. The minimum Gasteiger partial charge on any atom is -0.497 e. The number of carbonyl (C=O) groups is 1. The SMILES string of the molecule is COc1cccc(Cn2c(C(=O)O)c(-c3ccc(C(C)(C)C)cc3)c3cc(CCO)ccc32)c1. The molecule has 0 amide bonds. The fraction of sp³-hybridized carbons (Fsp3) is 0.276. The van der Waals surface area contributed by atoms with Gasteiger partial charge in [0.15, 0.2) is 0 Å². The molecule has 5 heteroatoms. The van der Waals surface area contributed by atoms with Crippen LogP contribution in [-0.2, 0) is 18.4 Å². The normalized spacial score (nSPS) is 11.7. The van der Waals surface area contributed by atoms with Crippen molar-refractivity contribution in [3.05, 3.63) is 89.1 Å². The number of aliphatic hydroxyl groups is 1. The minimum atomic E-state index is -0.974. The number of carboxylic acid groups (broad SMARTS) is 1. The topological polar surface area (TPSA) is 71.7 Å². The molecule has 34 heavy (non-hydrogen) atoms. The second-order valence-corrected chi connectivity index (χ2v) is 9.62. The number of carboxylic acids is 1. The van der Waals surface area contributed by atoms with Gasteiger partial charge < -0.3 is 19.5 Å². The molecule has 1 aromatic heterocycles. The number of aromatic nitrogens is 1. The van der Waals surface area contributed by atoms with Crippen LogP contribution in [-0.4, -0.2) is 34.5 Å². The molecule has 5 nitrogen and oxygen atoms in total. The van der Waals surface area contributed by atoms with Gasteiger partial charge in [0.25, 0.3) is 0 Å². The van der Waals surface area contributed by atoms with Gasteiger partial charge in [-0.1, -0.05) is 63.2 Å². The standard InChI is InChI=1S/C29H31NO4/c1-29(2,3)22-11-9-21(10-12-22)26-24-17-19(14-15-31)8-13-25(24)30(27(26)28(32)33)18-20-6-5-7-23(16-20)34-4/h5-13,16-17,31H,14-15,18H2,1-4H3,(H,32,33). The van der Waals surface area contributed by atoms with Crippen LogP contribution in [0, 0.1) is 0 Å². The molecule has 0 saturated heterocycles. The second-order valence-electron chi connectivity index (χ2n) is 9.62. The third-order valence-electron chi connectivity index (χ3n) is 6.25. The van der Waals surface area contributed by atoms with Crippen LogP contribution in [0.3, 0.4) is 0 Å². The lowest BCUT2D eigenvalue weighted by atomic mass is 9.86. The van der Waals surface area contributed by atoms with E-state index in [2.05, 4.69) is 32.9 Å². The zero-order chi connectivity index (χ0) is 24.5. The van der Waals surface area contributed by atoms with Gasteiger partial charge in [-0.15, -0.1) is 0 Å². The fourth-order valence-corrected chi connectivity index (χ4v) is 4.46. The summed E-state index contributed by atoms with van der Waals surface area (Å²) in [5, 5.41) is 20.7. The molecule has 4 aromatic rings. The van der Waals surface area contributed by atoms with Crippen LogP contribution in [0.2, 0.25) is 0 Å². The summed E-state index contributed by atoms with van der Waals surface area (Å²) in [6.45, 7) is 6.91. The first-order chi connectivity index (χ1) is 16.2. The molecular weight excluding hydrogens is 426 g/mol. The van der Waals surface area contributed by atoms with Crippen LogP contribution in [0.1, 0.15) is 48.0 Å². The van der Waals surface area contributed by atoms with Crippen LogP contribution < -0.4 is 4.74 Å². The van der Waals surface area contributed by atoms with Gasteiger partial charge in [0.2, 0.25) is 0 Å². The molecule has 0 aliphatic carbocycles. The molecule has 3 aromatic carbocycles. The Morgan fingerprint density at radius 2 is 1.71 bits per heavy atom. The highest BCUT2D eigenvalue weighted by Crippen LogP contribution is 2.37. The molecular formula is C29H31NO4. The monoisotopic (exact) mass is 457 g/mol. The number of aromatic carboxylic acids is 1. The summed E-state index contributed by atoms with van der Waals surface area (Å²) in [5.74, 6) is -0.244. The van der Waals surface area contributed by atoms with Crippen molar-refractivity contribution in [2.24, 2.45) is 0 Å². The Bertz CT molecular complexity index is 1330. The maximum Gasteiger partial charge on any atom is 0.353 e. The minimum absolute atomic E-state index is 0.00280. The van der Waals surface area contributed by atoms with E-state index in [1.165, 1.54) is 5.56 Å². The van der Waals surface area contributed by atoms with Gasteiger partial charge in [-0.25, -0.2) is 4.79 Å². The third-order valence-corrected chi connectivity index (χ3v) is 6.25. The summed E-state index contributed by atoms with van der Waals surface area (Å²) in [5.41, 5.74) is 5.77. The summed E-state index contributed by atoms with van der Waals surface area (Å²) in [7, 11) is 1.62. The van der Waals surface area contributed by atoms with E-state index in [4.69, 9.17) is 4.74 Å². The molecule has 0 aliphatic rings. The van der Waals surface area contributed by atoms with Gasteiger partial charge >= 0.3 is 5.97 Å². The smallest absolute Gasteiger partial charge is 0.353 e. The molecule has 0 fully saturated rings. The van der Waals surface area contributed by atoms with E-state index < -0.39 is 5.97 Å². The van der Waals surface area contributed by atoms with E-state index in [0.717, 1.165) is 33.3 Å². The quantitative estimate of drug-likeness (QED) is 0.363. The number of benzene rings is 3. The maximum absolute atomic E-state index is 12.7. The van der Waals surface area contributed by atoms with E-state index in [-0.39, 0.29) is 17.7 Å². The molecule has 0 radical (unpaired) electrons. The Morgan fingerprint density at radius 3 is 2.32 bits per heavy atom. The Balaban J connectivity index is 1.96. The number of aliphatic hydroxyl groups excluding tert-OH is 1. The second kappa shape index (κ2) is 9.35. The van der Waals surface area contributed by atoms with Crippen molar-refractivity contribution in [1.29, 1.82) is 0 Å². The number of fused-ring (bicyclic) bond motifs is 1. The van der Waals surface area contributed by atoms with Crippen molar-refractivity contribution in [1.82, 2.24) is 4.57 Å². The van der Waals surface area contributed by atoms with E-state index in [9.17, 15) is 15.0 Å². The lowest BCUT2D eigenvalue weighted by Crippen LogP contribution is -2.11. The highest BCUT2D eigenvalue weighted by Gasteiger charge is 2.24. The first-order valence-corrected chi connectivity index (χ1v) is 11.5. The van der Waals surface area contributed by atoms with Gasteiger partial charge in [-0.05, 0) is 58.4 Å². The number of nitrogens with zero attached hydrogens (tertiary/aromatic N) is 1. The van der Waals surface area contributed by atoms with Crippen molar-refractivity contribution in [3.8, 4) is 16.9 Å². The maximum atomic E-state index is 12.7. The van der Waals surface area contributed by atoms with Gasteiger partial charge in [-0.2, -0.15) is 0 Å². The molecule has 0 unspecified atom stereocenters. The van der Waals surface area contributed by atoms with E-state index in [0.29, 0.717) is 18.5 Å². The first-order valence-electron chi connectivity index (χ1n) is 11.5. The zero-order valence-corrected chi connectivity index (χ0v) is 20.1. The molecule has 0 spiro atoms.